The van der Waals surface area contributed by atoms with E-state index in [4.69, 9.17) is 9.47 Å². The van der Waals surface area contributed by atoms with Crippen LogP contribution in [0.2, 0.25) is 0 Å². The molecule has 1 aromatic rings. The molecule has 0 aromatic carbocycles. The molecule has 0 amide bonds. The van der Waals surface area contributed by atoms with Crippen molar-refractivity contribution in [3.05, 3.63) is 12.4 Å². The molecule has 3 fully saturated rings. The number of nitrogens with zero attached hydrogens (tertiary/aromatic N) is 2. The normalized spacial score (nSPS) is 32.4. The summed E-state index contributed by atoms with van der Waals surface area (Å²) in [6, 6.07) is 0.488. The molecule has 21 heavy (non-hydrogen) atoms. The average Bonchev–Trinajstić information content (AvgIpc) is 2.79. The molecule has 3 atom stereocenters. The van der Waals surface area contributed by atoms with Crippen LogP contribution in [0.5, 0.6) is 5.88 Å². The van der Waals surface area contributed by atoms with Crippen molar-refractivity contribution in [3.8, 4) is 5.88 Å². The highest BCUT2D eigenvalue weighted by molar-refractivity contribution is 5.39. The second kappa shape index (κ2) is 4.83. The molecule has 0 radical (unpaired) electrons. The zero-order valence-electron chi connectivity index (χ0n) is 12.7. The van der Waals surface area contributed by atoms with E-state index in [1.54, 1.807) is 12.4 Å². The summed E-state index contributed by atoms with van der Waals surface area (Å²) >= 11 is 0. The number of rotatable bonds is 4. The first kappa shape index (κ1) is 13.3. The summed E-state index contributed by atoms with van der Waals surface area (Å²) < 4.78 is 11.6. The molecule has 1 N–H and O–H groups in total. The van der Waals surface area contributed by atoms with Crippen LogP contribution in [-0.4, -0.2) is 34.8 Å². The van der Waals surface area contributed by atoms with Crippen LogP contribution in [0.25, 0.3) is 0 Å². The molecule has 2 aliphatic carbocycles. The molecular formula is C16H23N3O2. The first-order valence-electron chi connectivity index (χ1n) is 8.06. The Kier molecular flexibility index (Phi) is 3.06. The lowest BCUT2D eigenvalue weighted by molar-refractivity contribution is -0.158. The number of nitrogens with one attached hydrogen (secondary N) is 1. The predicted octanol–water partition coefficient (Wildman–Crippen LogP) is 2.63. The van der Waals surface area contributed by atoms with E-state index in [-0.39, 0.29) is 6.10 Å². The van der Waals surface area contributed by atoms with E-state index in [1.165, 1.54) is 25.7 Å². The quantitative estimate of drug-likeness (QED) is 0.923. The van der Waals surface area contributed by atoms with Gasteiger partial charge >= 0.3 is 0 Å². The van der Waals surface area contributed by atoms with Gasteiger partial charge in [-0.1, -0.05) is 6.42 Å². The summed E-state index contributed by atoms with van der Waals surface area (Å²) in [5, 5.41) is 3.62. The van der Waals surface area contributed by atoms with Crippen molar-refractivity contribution in [2.45, 2.75) is 57.8 Å². The van der Waals surface area contributed by atoms with Gasteiger partial charge in [0.15, 0.2) is 0 Å². The van der Waals surface area contributed by atoms with Crippen LogP contribution < -0.4 is 10.1 Å². The van der Waals surface area contributed by atoms with Gasteiger partial charge in [0.2, 0.25) is 5.88 Å². The third kappa shape index (κ3) is 2.01. The number of ether oxygens (including phenoxy) is 2. The number of anilines is 1. The van der Waals surface area contributed by atoms with Crippen molar-refractivity contribution in [1.29, 1.82) is 0 Å². The van der Waals surface area contributed by atoms with Gasteiger partial charge < -0.3 is 14.8 Å². The smallest absolute Gasteiger partial charge is 0.234 e. The maximum atomic E-state index is 5.95. The molecular weight excluding hydrogens is 266 g/mol. The van der Waals surface area contributed by atoms with E-state index in [0.29, 0.717) is 29.4 Å². The van der Waals surface area contributed by atoms with Gasteiger partial charge in [-0.2, -0.15) is 4.98 Å². The SMILES string of the molecule is CC(C)Oc1cncc(N[C@@H]2[C@H]3CCO[C@H]3C23CCC3)n1. The van der Waals surface area contributed by atoms with Crippen LogP contribution >= 0.6 is 0 Å². The third-order valence-electron chi connectivity index (χ3n) is 5.31. The number of hydrogen-bond donors (Lipinski definition) is 1. The molecule has 1 spiro atoms. The Morgan fingerprint density at radius 3 is 2.95 bits per heavy atom. The van der Waals surface area contributed by atoms with E-state index < -0.39 is 0 Å². The maximum absolute atomic E-state index is 5.95. The molecule has 0 unspecified atom stereocenters. The summed E-state index contributed by atoms with van der Waals surface area (Å²) in [5.41, 5.74) is 0.359. The lowest BCUT2D eigenvalue weighted by Gasteiger charge is -2.63. The molecule has 1 aliphatic heterocycles. The minimum Gasteiger partial charge on any atom is -0.474 e. The monoisotopic (exact) mass is 289 g/mol. The zero-order chi connectivity index (χ0) is 14.4. The molecule has 1 saturated heterocycles. The van der Waals surface area contributed by atoms with Crippen LogP contribution in [0, 0.1) is 11.3 Å². The molecule has 4 rings (SSSR count). The van der Waals surface area contributed by atoms with E-state index in [2.05, 4.69) is 15.3 Å². The maximum Gasteiger partial charge on any atom is 0.234 e. The van der Waals surface area contributed by atoms with Gasteiger partial charge in [0.25, 0.3) is 0 Å². The summed E-state index contributed by atoms with van der Waals surface area (Å²) in [6.07, 6.45) is 9.11. The molecule has 2 saturated carbocycles. The summed E-state index contributed by atoms with van der Waals surface area (Å²) in [5.74, 6) is 2.06. The lowest BCUT2D eigenvalue weighted by atomic mass is 9.46. The zero-order valence-corrected chi connectivity index (χ0v) is 12.7. The van der Waals surface area contributed by atoms with Crippen molar-refractivity contribution in [2.75, 3.05) is 11.9 Å². The average molecular weight is 289 g/mol. The fraction of sp³-hybridized carbons (Fsp3) is 0.750. The molecule has 2 heterocycles. The van der Waals surface area contributed by atoms with E-state index in [9.17, 15) is 0 Å². The van der Waals surface area contributed by atoms with Gasteiger partial charge in [0.1, 0.15) is 5.82 Å². The summed E-state index contributed by atoms with van der Waals surface area (Å²) in [7, 11) is 0. The summed E-state index contributed by atoms with van der Waals surface area (Å²) in [4.78, 5) is 8.78. The van der Waals surface area contributed by atoms with Gasteiger partial charge in [-0.05, 0) is 33.1 Å². The standard InChI is InChI=1S/C16H23N3O2/c1-10(2)21-13-9-17-8-12(18-13)19-14-11-4-7-20-15(11)16(14)5-3-6-16/h8-11,14-15H,3-7H2,1-2H3,(H,18,19)/t11-,14-,15-/m1/s1. The highest BCUT2D eigenvalue weighted by atomic mass is 16.5. The van der Waals surface area contributed by atoms with Crippen LogP contribution in [0.15, 0.2) is 12.4 Å². The molecule has 0 bridgehead atoms. The number of hydrogen-bond acceptors (Lipinski definition) is 5. The van der Waals surface area contributed by atoms with E-state index in [1.807, 2.05) is 13.8 Å². The van der Waals surface area contributed by atoms with E-state index in [0.717, 1.165) is 12.4 Å². The third-order valence-corrected chi connectivity index (χ3v) is 5.31. The van der Waals surface area contributed by atoms with Gasteiger partial charge in [-0.15, -0.1) is 0 Å². The van der Waals surface area contributed by atoms with Crippen molar-refractivity contribution < 1.29 is 9.47 Å². The predicted molar refractivity (Wildman–Crippen MR) is 79.3 cm³/mol. The van der Waals surface area contributed by atoms with Crippen LogP contribution in [-0.2, 0) is 4.74 Å². The Balaban J connectivity index is 1.50. The minimum absolute atomic E-state index is 0.115. The Hall–Kier alpha value is -1.36. The molecule has 1 aromatic heterocycles. The van der Waals surface area contributed by atoms with Gasteiger partial charge in [-0.3, -0.25) is 4.98 Å². The molecule has 5 heteroatoms. The van der Waals surface area contributed by atoms with Crippen LogP contribution in [0.1, 0.15) is 39.5 Å². The Bertz CT molecular complexity index is 530. The Labute approximate surface area is 125 Å². The number of fused-ring (bicyclic) bond motifs is 2. The Morgan fingerprint density at radius 2 is 2.24 bits per heavy atom. The van der Waals surface area contributed by atoms with Crippen molar-refractivity contribution in [2.24, 2.45) is 11.3 Å². The summed E-state index contributed by atoms with van der Waals surface area (Å²) in [6.45, 7) is 4.91. The highest BCUT2D eigenvalue weighted by Gasteiger charge is 2.66. The lowest BCUT2D eigenvalue weighted by Crippen LogP contribution is -2.68. The second-order valence-corrected chi connectivity index (χ2v) is 6.86. The van der Waals surface area contributed by atoms with Gasteiger partial charge in [0.05, 0.1) is 24.6 Å². The minimum atomic E-state index is 0.115. The fourth-order valence-electron chi connectivity index (χ4n) is 4.33. The van der Waals surface area contributed by atoms with Crippen LogP contribution in [0.4, 0.5) is 5.82 Å². The van der Waals surface area contributed by atoms with Crippen molar-refractivity contribution in [3.63, 3.8) is 0 Å². The molecule has 114 valence electrons. The van der Waals surface area contributed by atoms with Gasteiger partial charge in [0, 0.05) is 24.0 Å². The largest absolute Gasteiger partial charge is 0.474 e. The fourth-order valence-corrected chi connectivity index (χ4v) is 4.33. The van der Waals surface area contributed by atoms with Crippen molar-refractivity contribution in [1.82, 2.24) is 9.97 Å². The Morgan fingerprint density at radius 1 is 1.38 bits per heavy atom. The molecule has 3 aliphatic rings. The highest BCUT2D eigenvalue weighted by Crippen LogP contribution is 2.63. The van der Waals surface area contributed by atoms with Gasteiger partial charge in [-0.25, -0.2) is 0 Å². The first-order valence-corrected chi connectivity index (χ1v) is 8.06. The molecule has 5 nitrogen and oxygen atoms in total. The van der Waals surface area contributed by atoms with E-state index >= 15 is 0 Å². The van der Waals surface area contributed by atoms with Crippen LogP contribution in [0.3, 0.4) is 0 Å². The number of aromatic nitrogens is 2. The first-order chi connectivity index (χ1) is 10.2. The second-order valence-electron chi connectivity index (χ2n) is 6.86. The topological polar surface area (TPSA) is 56.3 Å². The van der Waals surface area contributed by atoms with Crippen molar-refractivity contribution >= 4 is 5.82 Å².